The molecule has 2 aliphatic heterocycles. The lowest BCUT2D eigenvalue weighted by atomic mass is 9.83. The van der Waals surface area contributed by atoms with E-state index in [0.717, 1.165) is 18.4 Å². The first-order valence-electron chi connectivity index (χ1n) is 11.8. The van der Waals surface area contributed by atoms with Gasteiger partial charge in [0.15, 0.2) is 15.6 Å². The van der Waals surface area contributed by atoms with E-state index in [4.69, 9.17) is 4.74 Å². The Kier molecular flexibility index (Phi) is 6.54. The number of carbonyl (C=O) groups excluding carboxylic acids is 1. The van der Waals surface area contributed by atoms with Crippen LogP contribution in [0.1, 0.15) is 49.0 Å². The number of rotatable bonds is 7. The van der Waals surface area contributed by atoms with E-state index in [2.05, 4.69) is 19.3 Å². The summed E-state index contributed by atoms with van der Waals surface area (Å²) < 4.78 is 61.6. The Balaban J connectivity index is 1.54. The predicted octanol–water partition coefficient (Wildman–Crippen LogP) is 4.45. The third-order valence-electron chi connectivity index (χ3n) is 7.00. The molecule has 2 fully saturated rings. The van der Waals surface area contributed by atoms with Gasteiger partial charge in [0, 0.05) is 61.0 Å². The lowest BCUT2D eigenvalue weighted by molar-refractivity contribution is -0.0500. The highest BCUT2D eigenvalue weighted by atomic mass is 32.2. The lowest BCUT2D eigenvalue weighted by Crippen LogP contribution is -2.22. The summed E-state index contributed by atoms with van der Waals surface area (Å²) in [5.41, 5.74) is 2.45. The molecule has 2 aliphatic rings. The Morgan fingerprint density at radius 2 is 2.03 bits per heavy atom. The van der Waals surface area contributed by atoms with Gasteiger partial charge in [-0.1, -0.05) is 6.92 Å². The van der Waals surface area contributed by atoms with Gasteiger partial charge in [-0.3, -0.25) is 14.8 Å². The Morgan fingerprint density at radius 3 is 2.72 bits per heavy atom. The predicted molar refractivity (Wildman–Crippen MR) is 129 cm³/mol. The van der Waals surface area contributed by atoms with Gasteiger partial charge in [-0.2, -0.15) is 8.78 Å². The average Bonchev–Trinajstić information content (AvgIpc) is 3.35. The number of sulfone groups is 1. The van der Waals surface area contributed by atoms with Crippen LogP contribution in [0.2, 0.25) is 0 Å². The Labute approximate surface area is 207 Å². The molecule has 192 valence electrons. The van der Waals surface area contributed by atoms with Crippen molar-refractivity contribution in [2.45, 2.75) is 45.3 Å². The quantitative estimate of drug-likeness (QED) is 0.425. The highest BCUT2D eigenvalue weighted by molar-refractivity contribution is 7.91. The highest BCUT2D eigenvalue weighted by Gasteiger charge is 2.40. The largest absolute Gasteiger partial charge is 0.433 e. The SMILES string of the molecule is C[C@]1(CC(=O)c2cnc3c(-c4cncc(OC(F)F)c4)cn(C4CCOCC4)c3c2)CCS(=O)(=O)C1. The Hall–Kier alpha value is -2.92. The summed E-state index contributed by atoms with van der Waals surface area (Å²) in [6.07, 6.45) is 8.35. The van der Waals surface area contributed by atoms with Crippen LogP contribution in [0.5, 0.6) is 5.75 Å². The third kappa shape index (κ3) is 5.12. The number of carbonyl (C=O) groups is 1. The summed E-state index contributed by atoms with van der Waals surface area (Å²) in [6, 6.07) is 3.40. The van der Waals surface area contributed by atoms with E-state index in [1.165, 1.54) is 18.5 Å². The van der Waals surface area contributed by atoms with Crippen LogP contribution < -0.4 is 4.74 Å². The van der Waals surface area contributed by atoms with Gasteiger partial charge in [0.1, 0.15) is 5.75 Å². The zero-order valence-electron chi connectivity index (χ0n) is 19.8. The van der Waals surface area contributed by atoms with E-state index >= 15 is 0 Å². The maximum atomic E-state index is 13.2. The molecule has 0 radical (unpaired) electrons. The maximum absolute atomic E-state index is 13.2. The van der Waals surface area contributed by atoms with Crippen molar-refractivity contribution < 1.29 is 31.5 Å². The number of Topliss-reactive ketones (excluding diaryl/α,β-unsaturated/α-hetero) is 1. The minimum absolute atomic E-state index is 0.00798. The van der Waals surface area contributed by atoms with Gasteiger partial charge in [-0.15, -0.1) is 0 Å². The first kappa shape index (κ1) is 24.8. The van der Waals surface area contributed by atoms with E-state index in [1.54, 1.807) is 12.3 Å². The first-order chi connectivity index (χ1) is 17.1. The van der Waals surface area contributed by atoms with Gasteiger partial charge in [-0.05, 0) is 36.8 Å². The molecule has 0 N–H and O–H groups in total. The van der Waals surface area contributed by atoms with Crippen LogP contribution in [-0.4, -0.2) is 60.1 Å². The molecule has 0 bridgehead atoms. The number of hydrogen-bond donors (Lipinski definition) is 0. The van der Waals surface area contributed by atoms with Crippen molar-refractivity contribution in [2.75, 3.05) is 24.7 Å². The molecule has 0 saturated carbocycles. The fourth-order valence-electron chi connectivity index (χ4n) is 5.20. The number of ketones is 1. The second-order valence-electron chi connectivity index (χ2n) is 9.93. The summed E-state index contributed by atoms with van der Waals surface area (Å²) in [5, 5.41) is 0. The number of nitrogens with zero attached hydrogens (tertiary/aromatic N) is 3. The van der Waals surface area contributed by atoms with E-state index < -0.39 is 21.9 Å². The number of pyridine rings is 2. The average molecular weight is 520 g/mol. The molecule has 36 heavy (non-hydrogen) atoms. The van der Waals surface area contributed by atoms with Crippen LogP contribution >= 0.6 is 0 Å². The van der Waals surface area contributed by atoms with Crippen LogP contribution in [0.25, 0.3) is 22.2 Å². The van der Waals surface area contributed by atoms with E-state index in [9.17, 15) is 22.0 Å². The molecule has 3 aromatic rings. The number of halogens is 2. The standard InChI is InChI=1S/C25H27F2N3O5S/c1-25(4-7-36(32,33)15-25)10-22(31)17-9-21-23(29-12-17)20(14-30(21)18-2-5-34-6-3-18)16-8-19(13-28-11-16)35-24(26)27/h8-9,11-14,18,24H,2-7,10,15H2,1H3/t25-/m1/s1. The summed E-state index contributed by atoms with van der Waals surface area (Å²) >= 11 is 0. The number of alkyl halides is 2. The summed E-state index contributed by atoms with van der Waals surface area (Å²) in [7, 11) is -3.12. The number of fused-ring (bicyclic) bond motifs is 1. The van der Waals surface area contributed by atoms with Gasteiger partial charge in [-0.25, -0.2) is 8.42 Å². The molecule has 2 saturated heterocycles. The normalized spacial score (nSPS) is 22.3. The molecule has 8 nitrogen and oxygen atoms in total. The third-order valence-corrected chi connectivity index (χ3v) is 8.96. The lowest BCUT2D eigenvalue weighted by Gasteiger charge is -2.24. The van der Waals surface area contributed by atoms with Crippen molar-refractivity contribution in [1.82, 2.24) is 14.5 Å². The smallest absolute Gasteiger partial charge is 0.387 e. The molecular weight excluding hydrogens is 492 g/mol. The molecule has 3 aromatic heterocycles. The second kappa shape index (κ2) is 9.51. The topological polar surface area (TPSA) is 100 Å². The molecule has 0 aliphatic carbocycles. The fourth-order valence-corrected chi connectivity index (χ4v) is 7.45. The summed E-state index contributed by atoms with van der Waals surface area (Å²) in [6.45, 7) is 0.0930. The van der Waals surface area contributed by atoms with E-state index in [-0.39, 0.29) is 35.5 Å². The molecule has 0 amide bonds. The molecule has 0 unspecified atom stereocenters. The van der Waals surface area contributed by atoms with Crippen molar-refractivity contribution in [3.8, 4) is 16.9 Å². The van der Waals surface area contributed by atoms with Gasteiger partial charge >= 0.3 is 6.61 Å². The molecule has 0 spiro atoms. The molecule has 1 atom stereocenters. The molecule has 11 heteroatoms. The number of hydrogen-bond acceptors (Lipinski definition) is 7. The van der Waals surface area contributed by atoms with E-state index in [1.807, 2.05) is 13.1 Å². The molecular formula is C25H27F2N3O5S. The summed E-state index contributed by atoms with van der Waals surface area (Å²) in [5.74, 6) is -0.0965. The van der Waals surface area contributed by atoms with Crippen molar-refractivity contribution in [3.05, 3.63) is 42.5 Å². The van der Waals surface area contributed by atoms with Crippen molar-refractivity contribution in [1.29, 1.82) is 0 Å². The molecule has 0 aromatic carbocycles. The van der Waals surface area contributed by atoms with Crippen molar-refractivity contribution >= 4 is 26.7 Å². The number of aromatic nitrogens is 3. The van der Waals surface area contributed by atoms with Crippen molar-refractivity contribution in [3.63, 3.8) is 0 Å². The Morgan fingerprint density at radius 1 is 1.25 bits per heavy atom. The maximum Gasteiger partial charge on any atom is 0.387 e. The Bertz CT molecular complexity index is 1400. The second-order valence-corrected chi connectivity index (χ2v) is 12.1. The van der Waals surface area contributed by atoms with Crippen LogP contribution in [-0.2, 0) is 14.6 Å². The minimum Gasteiger partial charge on any atom is -0.433 e. The van der Waals surface area contributed by atoms with Crippen LogP contribution in [0.4, 0.5) is 8.78 Å². The first-order valence-corrected chi connectivity index (χ1v) is 13.7. The summed E-state index contributed by atoms with van der Waals surface area (Å²) in [4.78, 5) is 21.9. The monoisotopic (exact) mass is 519 g/mol. The fraction of sp³-hybridized carbons (Fsp3) is 0.480. The number of ether oxygens (including phenoxy) is 2. The van der Waals surface area contributed by atoms with Crippen molar-refractivity contribution in [2.24, 2.45) is 5.41 Å². The van der Waals surface area contributed by atoms with Gasteiger partial charge in [0.25, 0.3) is 0 Å². The van der Waals surface area contributed by atoms with Crippen LogP contribution in [0, 0.1) is 5.41 Å². The molecule has 5 heterocycles. The highest BCUT2D eigenvalue weighted by Crippen LogP contribution is 2.38. The van der Waals surface area contributed by atoms with Gasteiger partial charge < -0.3 is 14.0 Å². The minimum atomic E-state index is -3.12. The zero-order valence-corrected chi connectivity index (χ0v) is 20.6. The molecule has 5 rings (SSSR count). The van der Waals surface area contributed by atoms with Gasteiger partial charge in [0.2, 0.25) is 0 Å². The van der Waals surface area contributed by atoms with E-state index in [0.29, 0.717) is 41.8 Å². The van der Waals surface area contributed by atoms with Crippen LogP contribution in [0.15, 0.2) is 36.9 Å². The van der Waals surface area contributed by atoms with Crippen LogP contribution in [0.3, 0.4) is 0 Å². The zero-order chi connectivity index (χ0) is 25.5. The van der Waals surface area contributed by atoms with Gasteiger partial charge in [0.05, 0.1) is 28.7 Å².